The molecule has 16 heavy (non-hydrogen) atoms. The van der Waals surface area contributed by atoms with E-state index in [2.05, 4.69) is 0 Å². The van der Waals surface area contributed by atoms with Gasteiger partial charge in [-0.05, 0) is 18.6 Å². The molecule has 1 aromatic rings. The molecule has 0 heterocycles. The fraction of sp³-hybridized carbons (Fsp3) is 0.333. The molecule has 1 aliphatic carbocycles. The first kappa shape index (κ1) is 10.7. The average Bonchev–Trinajstić information content (AvgIpc) is 3.08. The monoisotopic (exact) mass is 220 g/mol. The van der Waals surface area contributed by atoms with Gasteiger partial charge in [-0.1, -0.05) is 12.1 Å². The highest BCUT2D eigenvalue weighted by atomic mass is 16.5. The Morgan fingerprint density at radius 1 is 1.38 bits per heavy atom. The standard InChI is InChI=1S/C12H12O4/c1-16-8-4-2-3-7(5-8)11(13)9-6-10(9)12(14)15/h2-5,9-10H,6H2,1H3,(H,14,15). The van der Waals surface area contributed by atoms with Crippen molar-refractivity contribution in [1.29, 1.82) is 0 Å². The van der Waals surface area contributed by atoms with E-state index in [4.69, 9.17) is 9.84 Å². The molecule has 84 valence electrons. The van der Waals surface area contributed by atoms with Crippen LogP contribution < -0.4 is 4.74 Å². The Hall–Kier alpha value is -1.84. The first-order valence-electron chi connectivity index (χ1n) is 5.04. The highest BCUT2D eigenvalue weighted by Gasteiger charge is 2.48. The number of Topliss-reactive ketones (excluding diaryl/α,β-unsaturated/α-hetero) is 1. The summed E-state index contributed by atoms with van der Waals surface area (Å²) in [4.78, 5) is 22.5. The molecule has 0 spiro atoms. The molecule has 0 amide bonds. The third-order valence-corrected chi connectivity index (χ3v) is 2.80. The van der Waals surface area contributed by atoms with Crippen molar-refractivity contribution in [3.05, 3.63) is 29.8 Å². The van der Waals surface area contributed by atoms with Crippen LogP contribution in [-0.4, -0.2) is 24.0 Å². The molecular formula is C12H12O4. The van der Waals surface area contributed by atoms with Crippen molar-refractivity contribution in [1.82, 2.24) is 0 Å². The average molecular weight is 220 g/mol. The van der Waals surface area contributed by atoms with Gasteiger partial charge in [-0.3, -0.25) is 9.59 Å². The SMILES string of the molecule is COc1cccc(C(=O)C2CC2C(=O)O)c1. The maximum atomic E-state index is 11.9. The Morgan fingerprint density at radius 3 is 2.69 bits per heavy atom. The van der Waals surface area contributed by atoms with Crippen LogP contribution in [0.2, 0.25) is 0 Å². The zero-order valence-corrected chi connectivity index (χ0v) is 8.84. The van der Waals surface area contributed by atoms with E-state index < -0.39 is 11.9 Å². The smallest absolute Gasteiger partial charge is 0.307 e. The number of hydrogen-bond acceptors (Lipinski definition) is 3. The number of ether oxygens (including phenoxy) is 1. The summed E-state index contributed by atoms with van der Waals surface area (Å²) in [6, 6.07) is 6.80. The van der Waals surface area contributed by atoms with Gasteiger partial charge in [0.05, 0.1) is 13.0 Å². The second-order valence-electron chi connectivity index (χ2n) is 3.88. The zero-order chi connectivity index (χ0) is 11.7. The van der Waals surface area contributed by atoms with Crippen LogP contribution in [-0.2, 0) is 4.79 Å². The molecule has 2 unspecified atom stereocenters. The van der Waals surface area contributed by atoms with Crippen molar-refractivity contribution in [3.63, 3.8) is 0 Å². The van der Waals surface area contributed by atoms with Gasteiger partial charge in [0.25, 0.3) is 0 Å². The molecule has 0 bridgehead atoms. The zero-order valence-electron chi connectivity index (χ0n) is 8.84. The van der Waals surface area contributed by atoms with Gasteiger partial charge in [-0.15, -0.1) is 0 Å². The molecule has 2 rings (SSSR count). The van der Waals surface area contributed by atoms with Gasteiger partial charge in [-0.2, -0.15) is 0 Å². The van der Waals surface area contributed by atoms with E-state index in [1.165, 1.54) is 7.11 Å². The van der Waals surface area contributed by atoms with Crippen molar-refractivity contribution in [2.24, 2.45) is 11.8 Å². The number of carboxylic acid groups (broad SMARTS) is 1. The van der Waals surface area contributed by atoms with E-state index in [0.29, 0.717) is 17.7 Å². The lowest BCUT2D eigenvalue weighted by molar-refractivity contribution is -0.138. The Morgan fingerprint density at radius 2 is 2.12 bits per heavy atom. The van der Waals surface area contributed by atoms with Gasteiger partial charge in [0, 0.05) is 11.5 Å². The lowest BCUT2D eigenvalue weighted by atomic mass is 10.1. The number of methoxy groups -OCH3 is 1. The third-order valence-electron chi connectivity index (χ3n) is 2.80. The normalized spacial score (nSPS) is 22.6. The van der Waals surface area contributed by atoms with E-state index in [1.54, 1.807) is 24.3 Å². The summed E-state index contributed by atoms with van der Waals surface area (Å²) in [6.07, 6.45) is 0.450. The van der Waals surface area contributed by atoms with Crippen LogP contribution in [0.15, 0.2) is 24.3 Å². The Balaban J connectivity index is 2.13. The quantitative estimate of drug-likeness (QED) is 0.783. The minimum Gasteiger partial charge on any atom is -0.497 e. The molecule has 1 fully saturated rings. The molecule has 2 atom stereocenters. The number of aliphatic carboxylic acids is 1. The van der Waals surface area contributed by atoms with Crippen LogP contribution >= 0.6 is 0 Å². The fourth-order valence-corrected chi connectivity index (χ4v) is 1.75. The lowest BCUT2D eigenvalue weighted by Crippen LogP contribution is -2.08. The Kier molecular flexibility index (Phi) is 2.64. The van der Waals surface area contributed by atoms with Gasteiger partial charge in [0.2, 0.25) is 0 Å². The predicted molar refractivity (Wildman–Crippen MR) is 56.6 cm³/mol. The fourth-order valence-electron chi connectivity index (χ4n) is 1.75. The van der Waals surface area contributed by atoms with E-state index in [-0.39, 0.29) is 11.7 Å². The molecule has 0 saturated heterocycles. The molecule has 1 saturated carbocycles. The molecule has 0 radical (unpaired) electrons. The van der Waals surface area contributed by atoms with Crippen LogP contribution in [0.1, 0.15) is 16.8 Å². The molecule has 1 aromatic carbocycles. The first-order chi connectivity index (χ1) is 7.63. The molecule has 0 aliphatic heterocycles. The number of carboxylic acids is 1. The molecule has 4 nitrogen and oxygen atoms in total. The number of carbonyl (C=O) groups is 2. The third kappa shape index (κ3) is 1.91. The molecular weight excluding hydrogens is 208 g/mol. The Bertz CT molecular complexity index is 438. The highest BCUT2D eigenvalue weighted by Crippen LogP contribution is 2.41. The molecule has 1 N–H and O–H groups in total. The molecule has 4 heteroatoms. The van der Waals surface area contributed by atoms with Crippen LogP contribution in [0.25, 0.3) is 0 Å². The minimum atomic E-state index is -0.888. The number of hydrogen-bond donors (Lipinski definition) is 1. The van der Waals surface area contributed by atoms with Crippen LogP contribution in [0, 0.1) is 11.8 Å². The van der Waals surface area contributed by atoms with E-state index in [1.807, 2.05) is 0 Å². The highest BCUT2D eigenvalue weighted by molar-refractivity contribution is 6.02. The van der Waals surface area contributed by atoms with Gasteiger partial charge in [0.1, 0.15) is 5.75 Å². The molecule has 1 aliphatic rings. The largest absolute Gasteiger partial charge is 0.497 e. The van der Waals surface area contributed by atoms with Gasteiger partial charge >= 0.3 is 5.97 Å². The van der Waals surface area contributed by atoms with Crippen molar-refractivity contribution < 1.29 is 19.4 Å². The second kappa shape index (κ2) is 3.96. The summed E-state index contributed by atoms with van der Waals surface area (Å²) < 4.78 is 5.01. The lowest BCUT2D eigenvalue weighted by Gasteiger charge is -2.02. The van der Waals surface area contributed by atoms with Crippen LogP contribution in [0.5, 0.6) is 5.75 Å². The summed E-state index contributed by atoms with van der Waals surface area (Å²) in [5.41, 5.74) is 0.521. The van der Waals surface area contributed by atoms with Gasteiger partial charge in [-0.25, -0.2) is 0 Å². The summed E-state index contributed by atoms with van der Waals surface area (Å²) in [5.74, 6) is -1.24. The second-order valence-corrected chi connectivity index (χ2v) is 3.88. The van der Waals surface area contributed by atoms with Gasteiger partial charge < -0.3 is 9.84 Å². The number of ketones is 1. The Labute approximate surface area is 92.8 Å². The first-order valence-corrected chi connectivity index (χ1v) is 5.04. The van der Waals surface area contributed by atoms with Crippen molar-refractivity contribution >= 4 is 11.8 Å². The maximum absolute atomic E-state index is 11.9. The maximum Gasteiger partial charge on any atom is 0.307 e. The van der Waals surface area contributed by atoms with Crippen LogP contribution in [0.4, 0.5) is 0 Å². The summed E-state index contributed by atoms with van der Waals surface area (Å²) in [7, 11) is 1.53. The van der Waals surface area contributed by atoms with Crippen molar-refractivity contribution in [2.75, 3.05) is 7.11 Å². The topological polar surface area (TPSA) is 63.6 Å². The van der Waals surface area contributed by atoms with E-state index in [0.717, 1.165) is 0 Å². The van der Waals surface area contributed by atoms with Crippen molar-refractivity contribution in [2.45, 2.75) is 6.42 Å². The van der Waals surface area contributed by atoms with Crippen LogP contribution in [0.3, 0.4) is 0 Å². The summed E-state index contributed by atoms with van der Waals surface area (Å²) >= 11 is 0. The number of carbonyl (C=O) groups excluding carboxylic acids is 1. The van der Waals surface area contributed by atoms with Gasteiger partial charge in [0.15, 0.2) is 5.78 Å². The van der Waals surface area contributed by atoms with E-state index >= 15 is 0 Å². The number of benzene rings is 1. The van der Waals surface area contributed by atoms with Crippen molar-refractivity contribution in [3.8, 4) is 5.75 Å². The predicted octanol–water partition coefficient (Wildman–Crippen LogP) is 1.60. The summed E-state index contributed by atoms with van der Waals surface area (Å²) in [5, 5.41) is 8.74. The summed E-state index contributed by atoms with van der Waals surface area (Å²) in [6.45, 7) is 0. The number of rotatable bonds is 4. The minimum absolute atomic E-state index is 0.105. The molecule has 0 aromatic heterocycles. The van der Waals surface area contributed by atoms with E-state index in [9.17, 15) is 9.59 Å².